The van der Waals surface area contributed by atoms with Crippen LogP contribution in [0.1, 0.15) is 88.0 Å². The standard InChI is InChI=1S/C28H35NO5/c1-5-8-11-14-17-27(32)34-28-22(4)29-20-23(21-33-26(31)16-13-10-7-3)25(28)19-18-24(30)15-12-9-6-2/h2-3,5,8,20H,9-19,21H2,1,4H3/b8-5-. The molecule has 6 heteroatoms. The van der Waals surface area contributed by atoms with E-state index in [1.54, 1.807) is 13.1 Å². The molecule has 0 saturated carbocycles. The molecule has 0 aromatic carbocycles. The van der Waals surface area contributed by atoms with Crippen LogP contribution in [0, 0.1) is 31.6 Å². The molecule has 182 valence electrons. The van der Waals surface area contributed by atoms with Crippen LogP contribution < -0.4 is 4.74 Å². The van der Waals surface area contributed by atoms with Crippen molar-refractivity contribution in [3.8, 4) is 30.4 Å². The van der Waals surface area contributed by atoms with E-state index in [9.17, 15) is 14.4 Å². The Balaban J connectivity index is 2.99. The van der Waals surface area contributed by atoms with Crippen molar-refractivity contribution in [3.63, 3.8) is 0 Å². The zero-order valence-electron chi connectivity index (χ0n) is 20.4. The van der Waals surface area contributed by atoms with Crippen LogP contribution in [0.5, 0.6) is 5.75 Å². The summed E-state index contributed by atoms with van der Waals surface area (Å²) >= 11 is 0. The first-order valence-electron chi connectivity index (χ1n) is 11.8. The molecule has 1 heterocycles. The Labute approximate surface area is 203 Å². The number of terminal acetylenes is 2. The normalized spacial score (nSPS) is 10.5. The van der Waals surface area contributed by atoms with Gasteiger partial charge in [0.2, 0.25) is 0 Å². The molecule has 1 aromatic heterocycles. The quantitative estimate of drug-likeness (QED) is 0.145. The maximum absolute atomic E-state index is 12.5. The van der Waals surface area contributed by atoms with Gasteiger partial charge in [-0.25, -0.2) is 0 Å². The van der Waals surface area contributed by atoms with Crippen LogP contribution in [-0.2, 0) is 32.1 Å². The molecule has 1 rings (SSSR count). The largest absolute Gasteiger partial charge is 0.461 e. The summed E-state index contributed by atoms with van der Waals surface area (Å²) in [7, 11) is 0. The third kappa shape index (κ3) is 11.5. The van der Waals surface area contributed by atoms with Gasteiger partial charge in [0.1, 0.15) is 12.4 Å². The van der Waals surface area contributed by atoms with Crippen molar-refractivity contribution in [2.45, 2.75) is 91.1 Å². The molecule has 0 unspecified atom stereocenters. The number of Topliss-reactive ketones (excluding diaryl/α,β-unsaturated/α-hetero) is 1. The number of ketones is 1. The van der Waals surface area contributed by atoms with Crippen molar-refractivity contribution in [2.24, 2.45) is 0 Å². The van der Waals surface area contributed by atoms with E-state index in [0.717, 1.165) is 6.42 Å². The lowest BCUT2D eigenvalue weighted by Crippen LogP contribution is -2.14. The molecule has 0 spiro atoms. The van der Waals surface area contributed by atoms with E-state index in [-0.39, 0.29) is 43.6 Å². The fourth-order valence-corrected chi connectivity index (χ4v) is 3.25. The highest BCUT2D eigenvalue weighted by Gasteiger charge is 2.19. The average molecular weight is 466 g/mol. The topological polar surface area (TPSA) is 82.6 Å². The number of rotatable bonds is 16. The van der Waals surface area contributed by atoms with Crippen LogP contribution in [0.3, 0.4) is 0 Å². The van der Waals surface area contributed by atoms with Gasteiger partial charge in [0.05, 0.1) is 5.69 Å². The summed E-state index contributed by atoms with van der Waals surface area (Å²) in [5, 5.41) is 0. The molecule has 0 fully saturated rings. The van der Waals surface area contributed by atoms with Gasteiger partial charge in [-0.3, -0.25) is 19.4 Å². The lowest BCUT2D eigenvalue weighted by molar-refractivity contribution is -0.145. The van der Waals surface area contributed by atoms with Crippen molar-refractivity contribution < 1.29 is 23.9 Å². The summed E-state index contributed by atoms with van der Waals surface area (Å²) in [5.74, 6) is 4.71. The second kappa shape index (κ2) is 17.1. The highest BCUT2D eigenvalue weighted by atomic mass is 16.5. The van der Waals surface area contributed by atoms with E-state index in [1.165, 1.54) is 0 Å². The fourth-order valence-electron chi connectivity index (χ4n) is 3.25. The SMILES string of the molecule is C#CCCCC(=O)CCc1c(COC(=O)CCCC#C)cnc(C)c1OC(=O)CCC/C=C\C. The molecule has 0 aliphatic rings. The number of nitrogens with zero attached hydrogens (tertiary/aromatic N) is 1. The predicted molar refractivity (Wildman–Crippen MR) is 132 cm³/mol. The van der Waals surface area contributed by atoms with Gasteiger partial charge in [-0.1, -0.05) is 12.2 Å². The Morgan fingerprint density at radius 3 is 2.35 bits per heavy atom. The third-order valence-corrected chi connectivity index (χ3v) is 5.13. The van der Waals surface area contributed by atoms with Crippen LogP contribution in [-0.4, -0.2) is 22.7 Å². The third-order valence-electron chi connectivity index (χ3n) is 5.13. The van der Waals surface area contributed by atoms with Crippen LogP contribution in [0.15, 0.2) is 18.3 Å². The lowest BCUT2D eigenvalue weighted by Gasteiger charge is -2.16. The zero-order chi connectivity index (χ0) is 25.2. The Hall–Kier alpha value is -3.38. The highest BCUT2D eigenvalue weighted by molar-refractivity contribution is 5.79. The first kappa shape index (κ1) is 28.7. The van der Waals surface area contributed by atoms with Crippen LogP contribution in [0.25, 0.3) is 0 Å². The molecule has 0 saturated heterocycles. The number of aryl methyl sites for hydroxylation is 1. The maximum atomic E-state index is 12.5. The van der Waals surface area contributed by atoms with Crippen LogP contribution >= 0.6 is 0 Å². The van der Waals surface area contributed by atoms with E-state index >= 15 is 0 Å². The number of pyridine rings is 1. The lowest BCUT2D eigenvalue weighted by atomic mass is 9.99. The Morgan fingerprint density at radius 2 is 1.68 bits per heavy atom. The Kier molecular flexibility index (Phi) is 14.4. The summed E-state index contributed by atoms with van der Waals surface area (Å²) in [4.78, 5) is 41.2. The fraction of sp³-hybridized carbons (Fsp3) is 0.500. The van der Waals surface area contributed by atoms with Crippen LogP contribution in [0.2, 0.25) is 0 Å². The first-order valence-corrected chi connectivity index (χ1v) is 11.8. The number of ether oxygens (including phenoxy) is 2. The molecular formula is C28H35NO5. The van der Waals surface area contributed by atoms with Crippen LogP contribution in [0.4, 0.5) is 0 Å². The van der Waals surface area contributed by atoms with Gasteiger partial charge in [0, 0.05) is 55.8 Å². The van der Waals surface area contributed by atoms with Crippen molar-refractivity contribution in [3.05, 3.63) is 35.2 Å². The van der Waals surface area contributed by atoms with E-state index in [2.05, 4.69) is 16.8 Å². The number of carbonyl (C=O) groups excluding carboxylic acids is 3. The summed E-state index contributed by atoms with van der Waals surface area (Å²) < 4.78 is 11.1. The molecule has 6 nitrogen and oxygen atoms in total. The molecule has 0 atom stereocenters. The smallest absolute Gasteiger partial charge is 0.311 e. The van der Waals surface area contributed by atoms with E-state index < -0.39 is 0 Å². The number of esters is 2. The summed E-state index contributed by atoms with van der Waals surface area (Å²) in [6.45, 7) is 3.66. The van der Waals surface area contributed by atoms with E-state index in [1.807, 2.05) is 19.1 Å². The second-order valence-corrected chi connectivity index (χ2v) is 7.93. The summed E-state index contributed by atoms with van der Waals surface area (Å²) in [6.07, 6.45) is 21.2. The zero-order valence-corrected chi connectivity index (χ0v) is 20.4. The number of hydrogen-bond acceptors (Lipinski definition) is 6. The van der Waals surface area contributed by atoms with Gasteiger partial charge < -0.3 is 9.47 Å². The number of carbonyl (C=O) groups is 3. The molecule has 0 aliphatic carbocycles. The van der Waals surface area contributed by atoms with Gasteiger partial charge >= 0.3 is 11.9 Å². The Bertz CT molecular complexity index is 933. The van der Waals surface area contributed by atoms with Gasteiger partial charge in [0.25, 0.3) is 0 Å². The van der Waals surface area contributed by atoms with E-state index in [4.69, 9.17) is 22.3 Å². The first-order chi connectivity index (χ1) is 16.4. The minimum atomic E-state index is -0.366. The van der Waals surface area contributed by atoms with Crippen molar-refractivity contribution in [2.75, 3.05) is 0 Å². The summed E-state index contributed by atoms with van der Waals surface area (Å²) in [5.41, 5.74) is 1.82. The number of aromatic nitrogens is 1. The average Bonchev–Trinajstić information content (AvgIpc) is 2.81. The van der Waals surface area contributed by atoms with Crippen molar-refractivity contribution in [1.82, 2.24) is 4.98 Å². The predicted octanol–water partition coefficient (Wildman–Crippen LogP) is 5.19. The van der Waals surface area contributed by atoms with Gasteiger partial charge in [-0.05, 0) is 46.0 Å². The molecule has 0 N–H and O–H groups in total. The molecule has 0 amide bonds. The van der Waals surface area contributed by atoms with Crippen molar-refractivity contribution >= 4 is 17.7 Å². The second-order valence-electron chi connectivity index (χ2n) is 7.93. The summed E-state index contributed by atoms with van der Waals surface area (Å²) in [6, 6.07) is 0. The number of allylic oxidation sites excluding steroid dienone is 2. The molecule has 0 radical (unpaired) electrons. The van der Waals surface area contributed by atoms with Gasteiger partial charge in [-0.15, -0.1) is 24.7 Å². The Morgan fingerprint density at radius 1 is 1.00 bits per heavy atom. The van der Waals surface area contributed by atoms with Crippen molar-refractivity contribution in [1.29, 1.82) is 0 Å². The van der Waals surface area contributed by atoms with Gasteiger partial charge in [-0.2, -0.15) is 0 Å². The molecule has 0 aliphatic heterocycles. The molecule has 1 aromatic rings. The number of hydrogen-bond donors (Lipinski definition) is 0. The maximum Gasteiger partial charge on any atom is 0.311 e. The minimum Gasteiger partial charge on any atom is -0.461 e. The number of unbranched alkanes of at least 4 members (excludes halogenated alkanes) is 3. The highest BCUT2D eigenvalue weighted by Crippen LogP contribution is 2.28. The van der Waals surface area contributed by atoms with Gasteiger partial charge in [0.15, 0.2) is 5.75 Å². The molecule has 0 bridgehead atoms. The molecular weight excluding hydrogens is 430 g/mol. The minimum absolute atomic E-state index is 0.0192. The van der Waals surface area contributed by atoms with E-state index in [0.29, 0.717) is 67.5 Å². The molecule has 34 heavy (non-hydrogen) atoms. The monoisotopic (exact) mass is 465 g/mol.